The van der Waals surface area contributed by atoms with Gasteiger partial charge in [0.05, 0.1) is 0 Å². The maximum absolute atomic E-state index is 5.89. The molecule has 2 aliphatic rings. The molecule has 2 heteroatoms. The Morgan fingerprint density at radius 1 is 1.07 bits per heavy atom. The molecule has 1 saturated heterocycles. The molecular weight excluding hydrogens is 184 g/mol. The third kappa shape index (κ3) is 2.73. The molecule has 0 aromatic carbocycles. The molecule has 1 aliphatic carbocycles. The van der Waals surface area contributed by atoms with Crippen molar-refractivity contribution in [3.8, 4) is 0 Å². The summed E-state index contributed by atoms with van der Waals surface area (Å²) in [5, 5.41) is 0. The summed E-state index contributed by atoms with van der Waals surface area (Å²) < 4.78 is 0. The third-order valence-corrected chi connectivity index (χ3v) is 4.41. The Morgan fingerprint density at radius 3 is 2.47 bits per heavy atom. The molecule has 1 aliphatic heterocycles. The second-order valence-electron chi connectivity index (χ2n) is 5.52. The summed E-state index contributed by atoms with van der Waals surface area (Å²) in [4.78, 5) is 2.71. The summed E-state index contributed by atoms with van der Waals surface area (Å²) in [6.07, 6.45) is 9.92. The molecule has 0 aromatic rings. The fourth-order valence-corrected chi connectivity index (χ4v) is 3.41. The number of nitrogens with zero attached hydrogens (tertiary/aromatic N) is 1. The van der Waals surface area contributed by atoms with E-state index in [-0.39, 0.29) is 0 Å². The van der Waals surface area contributed by atoms with E-state index >= 15 is 0 Å². The minimum atomic E-state index is 0.675. The van der Waals surface area contributed by atoms with Crippen molar-refractivity contribution in [1.82, 2.24) is 4.90 Å². The van der Waals surface area contributed by atoms with Gasteiger partial charge in [-0.25, -0.2) is 0 Å². The molecule has 2 nitrogen and oxygen atoms in total. The van der Waals surface area contributed by atoms with Crippen LogP contribution in [0.2, 0.25) is 0 Å². The molecule has 1 saturated carbocycles. The predicted molar refractivity (Wildman–Crippen MR) is 64.8 cm³/mol. The van der Waals surface area contributed by atoms with Crippen molar-refractivity contribution in [1.29, 1.82) is 0 Å². The molecule has 0 radical (unpaired) electrons. The van der Waals surface area contributed by atoms with Gasteiger partial charge in [0.15, 0.2) is 0 Å². The number of piperidine rings is 1. The Balaban J connectivity index is 1.90. The van der Waals surface area contributed by atoms with Gasteiger partial charge in [-0.15, -0.1) is 0 Å². The Kier molecular flexibility index (Phi) is 4.04. The van der Waals surface area contributed by atoms with E-state index < -0.39 is 0 Å². The fourth-order valence-electron chi connectivity index (χ4n) is 3.41. The molecule has 0 spiro atoms. The van der Waals surface area contributed by atoms with Crippen molar-refractivity contribution in [3.05, 3.63) is 0 Å². The van der Waals surface area contributed by atoms with Gasteiger partial charge in [0.2, 0.25) is 0 Å². The van der Waals surface area contributed by atoms with Crippen LogP contribution in [0.15, 0.2) is 0 Å². The molecule has 2 fully saturated rings. The summed E-state index contributed by atoms with van der Waals surface area (Å²) in [5.74, 6) is 0.972. The molecule has 2 unspecified atom stereocenters. The van der Waals surface area contributed by atoms with Crippen LogP contribution < -0.4 is 5.73 Å². The molecule has 0 aromatic heterocycles. The molecule has 2 N–H and O–H groups in total. The first-order chi connectivity index (χ1) is 7.31. The zero-order valence-corrected chi connectivity index (χ0v) is 10.1. The van der Waals surface area contributed by atoms with E-state index in [0.29, 0.717) is 6.04 Å². The van der Waals surface area contributed by atoms with Crippen molar-refractivity contribution in [2.24, 2.45) is 11.7 Å². The lowest BCUT2D eigenvalue weighted by molar-refractivity contribution is 0.0794. The van der Waals surface area contributed by atoms with Crippen LogP contribution in [-0.2, 0) is 0 Å². The smallest absolute Gasteiger partial charge is 0.0221 e. The second kappa shape index (κ2) is 5.31. The van der Waals surface area contributed by atoms with Crippen LogP contribution >= 0.6 is 0 Å². The quantitative estimate of drug-likeness (QED) is 0.775. The average molecular weight is 210 g/mol. The van der Waals surface area contributed by atoms with E-state index in [0.717, 1.165) is 18.5 Å². The highest BCUT2D eigenvalue weighted by Gasteiger charge is 2.29. The zero-order valence-electron chi connectivity index (χ0n) is 10.1. The molecular formula is C13H26N2. The van der Waals surface area contributed by atoms with E-state index in [1.807, 2.05) is 0 Å². The van der Waals surface area contributed by atoms with Crippen molar-refractivity contribution >= 4 is 0 Å². The lowest BCUT2D eigenvalue weighted by Crippen LogP contribution is -2.50. The van der Waals surface area contributed by atoms with E-state index in [1.54, 1.807) is 0 Å². The van der Waals surface area contributed by atoms with Gasteiger partial charge < -0.3 is 5.73 Å². The number of hydrogen-bond acceptors (Lipinski definition) is 2. The Morgan fingerprint density at radius 2 is 1.80 bits per heavy atom. The van der Waals surface area contributed by atoms with Gasteiger partial charge in [0, 0.05) is 25.2 Å². The highest BCUT2D eigenvalue weighted by atomic mass is 15.2. The summed E-state index contributed by atoms with van der Waals surface area (Å²) in [5.41, 5.74) is 5.89. The van der Waals surface area contributed by atoms with E-state index in [1.165, 1.54) is 51.5 Å². The first-order valence-electron chi connectivity index (χ1n) is 6.77. The minimum Gasteiger partial charge on any atom is -0.329 e. The van der Waals surface area contributed by atoms with E-state index in [2.05, 4.69) is 11.8 Å². The predicted octanol–water partition coefficient (Wildman–Crippen LogP) is 2.38. The van der Waals surface area contributed by atoms with E-state index in [4.69, 9.17) is 5.73 Å². The summed E-state index contributed by atoms with van der Waals surface area (Å²) in [6, 6.07) is 1.45. The third-order valence-electron chi connectivity index (χ3n) is 4.41. The highest BCUT2D eigenvalue weighted by Crippen LogP contribution is 2.30. The van der Waals surface area contributed by atoms with Crippen LogP contribution in [0.4, 0.5) is 0 Å². The maximum atomic E-state index is 5.89. The molecule has 0 bridgehead atoms. The van der Waals surface area contributed by atoms with Gasteiger partial charge in [-0.05, 0) is 38.5 Å². The summed E-state index contributed by atoms with van der Waals surface area (Å²) >= 11 is 0. The first-order valence-corrected chi connectivity index (χ1v) is 6.77. The molecule has 2 rings (SSSR count). The van der Waals surface area contributed by atoms with Crippen LogP contribution in [0.1, 0.15) is 51.9 Å². The highest BCUT2D eigenvalue weighted by molar-refractivity contribution is 4.85. The Hall–Kier alpha value is -0.0800. The normalized spacial score (nSPS) is 34.8. The fraction of sp³-hybridized carbons (Fsp3) is 1.00. The van der Waals surface area contributed by atoms with E-state index in [9.17, 15) is 0 Å². The van der Waals surface area contributed by atoms with Gasteiger partial charge in [-0.1, -0.05) is 19.3 Å². The average Bonchev–Trinajstić information content (AvgIpc) is 2.74. The lowest BCUT2D eigenvalue weighted by atomic mass is 9.94. The Labute approximate surface area is 94.2 Å². The SMILES string of the molecule is CC1CCCC(CN)N1CC1CCCC1. The van der Waals surface area contributed by atoms with Gasteiger partial charge in [0.25, 0.3) is 0 Å². The zero-order chi connectivity index (χ0) is 10.7. The molecule has 1 heterocycles. The van der Waals surface area contributed by atoms with Crippen molar-refractivity contribution in [2.75, 3.05) is 13.1 Å². The second-order valence-corrected chi connectivity index (χ2v) is 5.52. The minimum absolute atomic E-state index is 0.675. The number of rotatable bonds is 3. The number of likely N-dealkylation sites (tertiary alicyclic amines) is 1. The summed E-state index contributed by atoms with van der Waals surface area (Å²) in [6.45, 7) is 4.57. The van der Waals surface area contributed by atoms with Gasteiger partial charge in [-0.3, -0.25) is 4.90 Å². The monoisotopic (exact) mass is 210 g/mol. The van der Waals surface area contributed by atoms with Crippen molar-refractivity contribution < 1.29 is 0 Å². The molecule has 88 valence electrons. The Bertz CT molecular complexity index is 187. The van der Waals surface area contributed by atoms with Crippen LogP contribution in [0.5, 0.6) is 0 Å². The van der Waals surface area contributed by atoms with Crippen molar-refractivity contribution in [2.45, 2.75) is 64.0 Å². The lowest BCUT2D eigenvalue weighted by Gasteiger charge is -2.41. The van der Waals surface area contributed by atoms with Crippen molar-refractivity contribution in [3.63, 3.8) is 0 Å². The van der Waals surface area contributed by atoms with Gasteiger partial charge in [0.1, 0.15) is 0 Å². The maximum Gasteiger partial charge on any atom is 0.0221 e. The van der Waals surface area contributed by atoms with Crippen LogP contribution in [0.3, 0.4) is 0 Å². The first kappa shape index (κ1) is 11.4. The van der Waals surface area contributed by atoms with Gasteiger partial charge >= 0.3 is 0 Å². The molecule has 0 amide bonds. The van der Waals surface area contributed by atoms with Crippen LogP contribution in [0, 0.1) is 5.92 Å². The van der Waals surface area contributed by atoms with Crippen LogP contribution in [-0.4, -0.2) is 30.1 Å². The standard InChI is InChI=1S/C13H26N2/c1-11-5-4-8-13(9-14)15(11)10-12-6-2-3-7-12/h11-13H,2-10,14H2,1H3. The van der Waals surface area contributed by atoms with Gasteiger partial charge in [-0.2, -0.15) is 0 Å². The molecule has 15 heavy (non-hydrogen) atoms. The largest absolute Gasteiger partial charge is 0.329 e. The number of nitrogens with two attached hydrogens (primary N) is 1. The topological polar surface area (TPSA) is 29.3 Å². The van der Waals surface area contributed by atoms with Crippen LogP contribution in [0.25, 0.3) is 0 Å². The molecule has 2 atom stereocenters. The summed E-state index contributed by atoms with van der Waals surface area (Å²) in [7, 11) is 0. The number of hydrogen-bond donors (Lipinski definition) is 1.